The summed E-state index contributed by atoms with van der Waals surface area (Å²) in [5.74, 6) is 1.94. The van der Waals surface area contributed by atoms with Crippen molar-refractivity contribution in [2.75, 3.05) is 0 Å². The van der Waals surface area contributed by atoms with Gasteiger partial charge in [-0.1, -0.05) is 104 Å². The van der Waals surface area contributed by atoms with Gasteiger partial charge in [0.15, 0.2) is 0 Å². The maximum absolute atomic E-state index is 11.6. The van der Waals surface area contributed by atoms with Crippen molar-refractivity contribution in [1.29, 1.82) is 0 Å². The average molecular weight is 495 g/mol. The van der Waals surface area contributed by atoms with Crippen molar-refractivity contribution in [3.05, 3.63) is 46.6 Å². The van der Waals surface area contributed by atoms with Gasteiger partial charge in [0.2, 0.25) is 0 Å². The summed E-state index contributed by atoms with van der Waals surface area (Å²) in [6, 6.07) is 0. The Balaban J connectivity index is 1.57. The largest absolute Gasteiger partial charge is 0.384 e. The number of allylic oxidation sites excluding steroid dienone is 4. The minimum atomic E-state index is -0.471. The van der Waals surface area contributed by atoms with Gasteiger partial charge in [-0.2, -0.15) is 0 Å². The predicted octanol–water partition coefficient (Wildman–Crippen LogP) is 8.71. The first kappa shape index (κ1) is 27.9. The Morgan fingerprint density at radius 1 is 0.556 bits per heavy atom. The monoisotopic (exact) mass is 494 g/mol. The summed E-state index contributed by atoms with van der Waals surface area (Å²) in [4.78, 5) is 0. The van der Waals surface area contributed by atoms with E-state index in [0.717, 1.165) is 12.8 Å². The normalized spacial score (nSPS) is 31.4. The van der Waals surface area contributed by atoms with Gasteiger partial charge in [0.1, 0.15) is 0 Å². The minimum Gasteiger partial charge on any atom is -0.384 e. The zero-order chi connectivity index (χ0) is 26.1. The molecule has 2 nitrogen and oxygen atoms in total. The zero-order valence-corrected chi connectivity index (χ0v) is 24.2. The van der Waals surface area contributed by atoms with Crippen molar-refractivity contribution in [2.45, 2.75) is 131 Å². The van der Waals surface area contributed by atoms with Crippen molar-refractivity contribution >= 4 is 0 Å². The van der Waals surface area contributed by atoms with E-state index >= 15 is 0 Å². The molecule has 4 aliphatic carbocycles. The molecule has 0 bridgehead atoms. The Kier molecular flexibility index (Phi) is 8.77. The third-order valence-electron chi connectivity index (χ3n) is 9.54. The van der Waals surface area contributed by atoms with E-state index < -0.39 is 6.10 Å². The molecular weight excluding hydrogens is 440 g/mol. The molecular formula is C34H54O2. The highest BCUT2D eigenvalue weighted by Gasteiger charge is 2.36. The van der Waals surface area contributed by atoms with Crippen LogP contribution in [0.15, 0.2) is 46.6 Å². The van der Waals surface area contributed by atoms with Crippen molar-refractivity contribution in [3.63, 3.8) is 0 Å². The molecule has 4 rings (SSSR count). The Morgan fingerprint density at radius 3 is 1.28 bits per heavy atom. The number of hydrogen-bond acceptors (Lipinski definition) is 2. The fourth-order valence-corrected chi connectivity index (χ4v) is 7.41. The second-order valence-corrected chi connectivity index (χ2v) is 14.5. The molecule has 0 heterocycles. The first-order chi connectivity index (χ1) is 16.9. The van der Waals surface area contributed by atoms with E-state index in [1.54, 1.807) is 0 Å². The first-order valence-electron chi connectivity index (χ1n) is 15.2. The smallest absolute Gasteiger partial charge is 0.0971 e. The molecule has 0 aromatic heterocycles. The highest BCUT2D eigenvalue weighted by molar-refractivity contribution is 5.38. The van der Waals surface area contributed by atoms with Crippen LogP contribution in [0.25, 0.3) is 0 Å². The quantitative estimate of drug-likeness (QED) is 0.375. The molecule has 0 amide bonds. The van der Waals surface area contributed by atoms with Crippen LogP contribution in [0.4, 0.5) is 0 Å². The van der Waals surface area contributed by atoms with E-state index in [2.05, 4.69) is 65.8 Å². The SMILES string of the molecule is CC(C)(C)C1=CC(CCC2C=C(C3CCCCC3)C(O)C(C3CCCCC3)=C2)C=C(C(C)(C)C)C1O. The maximum Gasteiger partial charge on any atom is 0.0971 e. The molecule has 36 heavy (non-hydrogen) atoms. The van der Waals surface area contributed by atoms with Crippen molar-refractivity contribution in [3.8, 4) is 0 Å². The zero-order valence-electron chi connectivity index (χ0n) is 24.2. The van der Waals surface area contributed by atoms with E-state index in [9.17, 15) is 10.2 Å². The number of rotatable bonds is 5. The topological polar surface area (TPSA) is 40.5 Å². The lowest BCUT2D eigenvalue weighted by Crippen LogP contribution is -2.33. The van der Waals surface area contributed by atoms with Gasteiger partial charge in [0.05, 0.1) is 12.2 Å². The lowest BCUT2D eigenvalue weighted by atomic mass is 9.68. The standard InChI is InChI=1S/C34H54O2/c1-33(2,3)29-21-24(22-30(32(29)36)34(4,5)6)18-17-23-19-27(25-13-9-7-10-14-25)31(35)28(20-23)26-15-11-8-12-16-26/h19-26,31-32,35-36H,7-18H2,1-6H3. The lowest BCUT2D eigenvalue weighted by Gasteiger charge is -2.39. The van der Waals surface area contributed by atoms with Gasteiger partial charge in [0.25, 0.3) is 0 Å². The number of aliphatic hydroxyl groups excluding tert-OH is 2. The molecule has 2 heteroatoms. The third-order valence-corrected chi connectivity index (χ3v) is 9.54. The van der Waals surface area contributed by atoms with E-state index in [4.69, 9.17) is 0 Å². The maximum atomic E-state index is 11.6. The van der Waals surface area contributed by atoms with Crippen LogP contribution in [0.2, 0.25) is 0 Å². The molecule has 0 unspecified atom stereocenters. The molecule has 0 aromatic rings. The summed E-state index contributed by atoms with van der Waals surface area (Å²) in [5.41, 5.74) is 4.99. The Labute approximate surface area is 222 Å². The second-order valence-electron chi connectivity index (χ2n) is 14.5. The van der Waals surface area contributed by atoms with Crippen LogP contribution in [-0.2, 0) is 0 Å². The van der Waals surface area contributed by atoms with Crippen molar-refractivity contribution in [1.82, 2.24) is 0 Å². The Hall–Kier alpha value is -1.12. The summed E-state index contributed by atoms with van der Waals surface area (Å²) in [6.07, 6.45) is 24.1. The average Bonchev–Trinajstić information content (AvgIpc) is 2.83. The molecule has 2 fully saturated rings. The molecule has 0 atom stereocenters. The number of aliphatic hydroxyl groups is 2. The van der Waals surface area contributed by atoms with Gasteiger partial charge in [-0.3, -0.25) is 0 Å². The fraction of sp³-hybridized carbons (Fsp3) is 0.765. The molecule has 0 radical (unpaired) electrons. The highest BCUT2D eigenvalue weighted by Crippen LogP contribution is 2.45. The molecule has 2 N–H and O–H groups in total. The molecule has 0 aromatic carbocycles. The van der Waals surface area contributed by atoms with Crippen LogP contribution in [0, 0.1) is 34.5 Å². The summed E-state index contributed by atoms with van der Waals surface area (Å²) in [6.45, 7) is 13.4. The first-order valence-corrected chi connectivity index (χ1v) is 15.2. The molecule has 4 aliphatic rings. The Morgan fingerprint density at radius 2 is 0.917 bits per heavy atom. The van der Waals surface area contributed by atoms with E-state index in [-0.39, 0.29) is 16.9 Å². The van der Waals surface area contributed by atoms with Crippen LogP contribution in [0.3, 0.4) is 0 Å². The van der Waals surface area contributed by atoms with Crippen LogP contribution >= 0.6 is 0 Å². The van der Waals surface area contributed by atoms with E-state index in [1.807, 2.05) is 0 Å². The molecule has 202 valence electrons. The van der Waals surface area contributed by atoms with Crippen molar-refractivity contribution < 1.29 is 10.2 Å². The summed E-state index contributed by atoms with van der Waals surface area (Å²) < 4.78 is 0. The second kappa shape index (κ2) is 11.3. The minimum absolute atomic E-state index is 0.0422. The highest BCUT2D eigenvalue weighted by atomic mass is 16.3. The summed E-state index contributed by atoms with van der Waals surface area (Å²) >= 11 is 0. The van der Waals surface area contributed by atoms with Crippen LogP contribution in [0.5, 0.6) is 0 Å². The molecule has 2 saturated carbocycles. The van der Waals surface area contributed by atoms with Gasteiger partial charge in [-0.05, 0) is 95.3 Å². The lowest BCUT2D eigenvalue weighted by molar-refractivity contribution is 0.186. The third kappa shape index (κ3) is 6.47. The van der Waals surface area contributed by atoms with Gasteiger partial charge in [0, 0.05) is 0 Å². The van der Waals surface area contributed by atoms with Crippen molar-refractivity contribution in [2.24, 2.45) is 34.5 Å². The summed E-state index contributed by atoms with van der Waals surface area (Å²) in [7, 11) is 0. The fourth-order valence-electron chi connectivity index (χ4n) is 7.41. The van der Waals surface area contributed by atoms with Gasteiger partial charge in [-0.25, -0.2) is 0 Å². The van der Waals surface area contributed by atoms with Gasteiger partial charge < -0.3 is 10.2 Å². The summed E-state index contributed by atoms with van der Waals surface area (Å²) in [5, 5.41) is 22.8. The predicted molar refractivity (Wildman–Crippen MR) is 153 cm³/mol. The Bertz CT molecular complexity index is 807. The molecule has 0 aliphatic heterocycles. The van der Waals surface area contributed by atoms with Crippen LogP contribution in [0.1, 0.15) is 119 Å². The van der Waals surface area contributed by atoms with Crippen LogP contribution < -0.4 is 0 Å². The molecule has 0 saturated heterocycles. The van der Waals surface area contributed by atoms with Crippen LogP contribution in [-0.4, -0.2) is 22.4 Å². The van der Waals surface area contributed by atoms with Gasteiger partial charge >= 0.3 is 0 Å². The van der Waals surface area contributed by atoms with Gasteiger partial charge in [-0.15, -0.1) is 0 Å². The molecule has 0 spiro atoms. The van der Waals surface area contributed by atoms with E-state index in [0.29, 0.717) is 23.7 Å². The van der Waals surface area contributed by atoms with E-state index in [1.165, 1.54) is 86.5 Å². The number of hydrogen-bond donors (Lipinski definition) is 2.